The van der Waals surface area contributed by atoms with Crippen molar-refractivity contribution in [2.75, 3.05) is 6.54 Å². The number of hydrogen-bond donors (Lipinski definition) is 1. The number of aryl methyl sites for hydroxylation is 1. The molecule has 1 aromatic rings. The van der Waals surface area contributed by atoms with E-state index >= 15 is 0 Å². The smallest absolute Gasteiger partial charge is 0.352 e. The Kier molecular flexibility index (Phi) is 5.21. The van der Waals surface area contributed by atoms with Gasteiger partial charge in [-0.3, -0.25) is 4.79 Å². The Morgan fingerprint density at radius 3 is 2.38 bits per heavy atom. The fourth-order valence-electron chi connectivity index (χ4n) is 1.46. The van der Waals surface area contributed by atoms with Gasteiger partial charge >= 0.3 is 6.18 Å². The highest BCUT2D eigenvalue weighted by Gasteiger charge is 2.27. The van der Waals surface area contributed by atoms with Crippen molar-refractivity contribution in [2.24, 2.45) is 0 Å². The molecule has 118 valence electrons. The average Bonchev–Trinajstić information content (AvgIpc) is 2.29. The predicted octanol–water partition coefficient (Wildman–Crippen LogP) is 2.74. The van der Waals surface area contributed by atoms with Crippen molar-refractivity contribution >= 4 is 25.6 Å². The Hall–Kier alpha value is -1.35. The minimum atomic E-state index is -4.47. The molecule has 0 aromatic heterocycles. The molecule has 1 amide bonds. The van der Waals surface area contributed by atoms with Crippen LogP contribution in [0.1, 0.15) is 22.3 Å². The summed E-state index contributed by atoms with van der Waals surface area (Å²) >= 11 is 0. The quantitative estimate of drug-likeness (QED) is 0.673. The first-order chi connectivity index (χ1) is 9.42. The summed E-state index contributed by atoms with van der Waals surface area (Å²) in [6.07, 6.45) is -5.75. The van der Waals surface area contributed by atoms with Crippen molar-refractivity contribution in [3.8, 4) is 0 Å². The molecule has 0 unspecified atom stereocenters. The number of alkyl halides is 3. The van der Waals surface area contributed by atoms with Crippen LogP contribution in [0.3, 0.4) is 0 Å². The van der Waals surface area contributed by atoms with Gasteiger partial charge in [0, 0.05) is 17.2 Å². The molecule has 0 atom stereocenters. The lowest BCUT2D eigenvalue weighted by atomic mass is 10.1. The summed E-state index contributed by atoms with van der Waals surface area (Å²) in [6.45, 7) is 0.450. The molecule has 0 aliphatic rings. The van der Waals surface area contributed by atoms with Crippen LogP contribution in [0, 0.1) is 12.7 Å². The van der Waals surface area contributed by atoms with Crippen molar-refractivity contribution in [1.82, 2.24) is 5.32 Å². The first-order valence-corrected chi connectivity index (χ1v) is 7.82. The molecule has 0 radical (unpaired) electrons. The Bertz CT molecular complexity index is 658. The molecule has 21 heavy (non-hydrogen) atoms. The highest BCUT2D eigenvalue weighted by molar-refractivity contribution is 8.13. The topological polar surface area (TPSA) is 63.2 Å². The second kappa shape index (κ2) is 6.18. The van der Waals surface area contributed by atoms with E-state index in [1.54, 1.807) is 0 Å². The number of halogens is 5. The number of hydrogen-bond acceptors (Lipinski definition) is 3. The number of benzene rings is 1. The molecule has 0 fully saturated rings. The van der Waals surface area contributed by atoms with Crippen LogP contribution in [-0.4, -0.2) is 27.0 Å². The lowest BCUT2D eigenvalue weighted by Crippen LogP contribution is -2.29. The van der Waals surface area contributed by atoms with Gasteiger partial charge in [-0.2, -0.15) is 13.2 Å². The fourth-order valence-corrected chi connectivity index (χ4v) is 2.30. The van der Waals surface area contributed by atoms with E-state index in [0.29, 0.717) is 6.07 Å². The molecular weight excluding hydrogens is 338 g/mol. The minimum absolute atomic E-state index is 0.169. The van der Waals surface area contributed by atoms with Gasteiger partial charge in [-0.05, 0) is 24.6 Å². The Balaban J connectivity index is 3.02. The van der Waals surface area contributed by atoms with Crippen molar-refractivity contribution in [3.63, 3.8) is 0 Å². The predicted molar refractivity (Wildman–Crippen MR) is 67.2 cm³/mol. The van der Waals surface area contributed by atoms with Crippen molar-refractivity contribution in [2.45, 2.75) is 24.4 Å². The van der Waals surface area contributed by atoms with E-state index in [1.165, 1.54) is 6.92 Å². The van der Waals surface area contributed by atoms with E-state index in [0.717, 1.165) is 6.07 Å². The Morgan fingerprint density at radius 1 is 1.33 bits per heavy atom. The van der Waals surface area contributed by atoms with Gasteiger partial charge in [0.2, 0.25) is 0 Å². The van der Waals surface area contributed by atoms with E-state index < -0.39 is 50.4 Å². The number of amides is 1. The zero-order chi connectivity index (χ0) is 16.4. The summed E-state index contributed by atoms with van der Waals surface area (Å²) in [5.74, 6) is -2.18. The fraction of sp³-hybridized carbons (Fsp3) is 0.364. The van der Waals surface area contributed by atoms with Crippen molar-refractivity contribution in [3.05, 3.63) is 29.1 Å². The first kappa shape index (κ1) is 17.7. The van der Waals surface area contributed by atoms with Gasteiger partial charge in [0.1, 0.15) is 5.82 Å². The van der Waals surface area contributed by atoms with Crippen LogP contribution in [0.4, 0.5) is 17.6 Å². The largest absolute Gasteiger partial charge is 0.390 e. The molecule has 1 aromatic carbocycles. The van der Waals surface area contributed by atoms with Gasteiger partial charge in [-0.1, -0.05) is 0 Å². The van der Waals surface area contributed by atoms with Gasteiger partial charge in [0.25, 0.3) is 15.0 Å². The van der Waals surface area contributed by atoms with Crippen LogP contribution in [0.5, 0.6) is 0 Å². The zero-order valence-electron chi connectivity index (χ0n) is 10.6. The molecule has 0 aliphatic carbocycles. The van der Waals surface area contributed by atoms with Gasteiger partial charge < -0.3 is 5.32 Å². The lowest BCUT2D eigenvalue weighted by Gasteiger charge is -2.10. The van der Waals surface area contributed by atoms with Crippen LogP contribution in [0.15, 0.2) is 17.0 Å². The summed E-state index contributed by atoms with van der Waals surface area (Å²) in [7, 11) is 0.897. The lowest BCUT2D eigenvalue weighted by molar-refractivity contribution is -0.132. The number of carbonyl (C=O) groups excluding carboxylic acids is 1. The van der Waals surface area contributed by atoms with E-state index in [1.807, 2.05) is 5.32 Å². The van der Waals surface area contributed by atoms with Crippen LogP contribution >= 0.6 is 10.7 Å². The van der Waals surface area contributed by atoms with Gasteiger partial charge in [-0.25, -0.2) is 12.8 Å². The van der Waals surface area contributed by atoms with E-state index in [9.17, 15) is 30.8 Å². The van der Waals surface area contributed by atoms with Crippen LogP contribution < -0.4 is 5.32 Å². The van der Waals surface area contributed by atoms with Crippen LogP contribution in [0.25, 0.3) is 0 Å². The van der Waals surface area contributed by atoms with E-state index in [4.69, 9.17) is 10.7 Å². The number of nitrogens with one attached hydrogen (secondary N) is 1. The molecule has 1 rings (SSSR count). The molecule has 4 nitrogen and oxygen atoms in total. The molecule has 0 bridgehead atoms. The number of rotatable bonds is 4. The first-order valence-electron chi connectivity index (χ1n) is 5.51. The normalized spacial score (nSPS) is 12.3. The molecule has 0 saturated heterocycles. The highest BCUT2D eigenvalue weighted by atomic mass is 35.7. The summed E-state index contributed by atoms with van der Waals surface area (Å²) in [5.41, 5.74) is -0.853. The monoisotopic (exact) mass is 347 g/mol. The molecule has 0 saturated carbocycles. The number of carbonyl (C=O) groups is 1. The van der Waals surface area contributed by atoms with Gasteiger partial charge in [0.15, 0.2) is 0 Å². The van der Waals surface area contributed by atoms with Gasteiger partial charge in [-0.15, -0.1) is 0 Å². The standard InChI is InChI=1S/C11H10ClF4NO3S/c1-6-4-7(21(12,19)20)5-8(9(6)13)10(18)17-3-2-11(14,15)16/h4-5H,2-3H2,1H3,(H,17,18). The molecule has 10 heteroatoms. The summed E-state index contributed by atoms with van der Waals surface area (Å²) in [6, 6.07) is 1.59. The van der Waals surface area contributed by atoms with Crippen molar-refractivity contribution in [1.29, 1.82) is 0 Å². The maximum absolute atomic E-state index is 13.8. The Labute approximate surface area is 122 Å². The molecule has 1 N–H and O–H groups in total. The third-order valence-corrected chi connectivity index (χ3v) is 3.78. The maximum Gasteiger partial charge on any atom is 0.390 e. The van der Waals surface area contributed by atoms with Crippen molar-refractivity contribution < 1.29 is 30.8 Å². The van der Waals surface area contributed by atoms with E-state index in [-0.39, 0.29) is 5.56 Å². The van der Waals surface area contributed by atoms with E-state index in [2.05, 4.69) is 0 Å². The van der Waals surface area contributed by atoms with Crippen LogP contribution in [0.2, 0.25) is 0 Å². The molecule has 0 spiro atoms. The average molecular weight is 348 g/mol. The zero-order valence-corrected chi connectivity index (χ0v) is 12.2. The van der Waals surface area contributed by atoms with Gasteiger partial charge in [0.05, 0.1) is 16.9 Å². The second-order valence-corrected chi connectivity index (χ2v) is 6.73. The van der Waals surface area contributed by atoms with Crippen LogP contribution in [-0.2, 0) is 9.05 Å². The SMILES string of the molecule is Cc1cc(S(=O)(=O)Cl)cc(C(=O)NCCC(F)(F)F)c1F. The third-order valence-electron chi connectivity index (χ3n) is 2.45. The maximum atomic E-state index is 13.8. The summed E-state index contributed by atoms with van der Waals surface area (Å²) in [5, 5.41) is 1.87. The summed E-state index contributed by atoms with van der Waals surface area (Å²) < 4.78 is 72.0. The summed E-state index contributed by atoms with van der Waals surface area (Å²) in [4.78, 5) is 11.1. The Morgan fingerprint density at radius 2 is 1.90 bits per heavy atom. The third kappa shape index (κ3) is 5.16. The molecule has 0 aliphatic heterocycles. The highest BCUT2D eigenvalue weighted by Crippen LogP contribution is 2.22. The molecule has 0 heterocycles. The minimum Gasteiger partial charge on any atom is -0.352 e. The second-order valence-electron chi connectivity index (χ2n) is 4.16. The molecular formula is C11H10ClF4NO3S.